The number of rotatable bonds is 3. The third-order valence-corrected chi connectivity index (χ3v) is 4.76. The lowest BCUT2D eigenvalue weighted by molar-refractivity contribution is -0.140. The molecule has 2 aliphatic heterocycles. The highest BCUT2D eigenvalue weighted by Crippen LogP contribution is 2.21. The monoisotopic (exact) mass is 391 g/mol. The van der Waals surface area contributed by atoms with Crippen molar-refractivity contribution >= 4 is 36.5 Å². The van der Waals surface area contributed by atoms with E-state index in [2.05, 4.69) is 20.4 Å². The third-order valence-electron chi connectivity index (χ3n) is 4.76. The summed E-state index contributed by atoms with van der Waals surface area (Å²) in [5.74, 6) is 0.994. The number of ether oxygens (including phenoxy) is 1. The van der Waals surface area contributed by atoms with E-state index >= 15 is 0 Å². The molecule has 142 valence electrons. The van der Waals surface area contributed by atoms with Gasteiger partial charge in [0.15, 0.2) is 5.82 Å². The number of hydrogen-bond donors (Lipinski definition) is 1. The first kappa shape index (κ1) is 21.9. The Morgan fingerprint density at radius 3 is 2.92 bits per heavy atom. The van der Waals surface area contributed by atoms with Gasteiger partial charge in [0.1, 0.15) is 6.04 Å². The largest absolute Gasteiger partial charge is 0.375 e. The van der Waals surface area contributed by atoms with Crippen molar-refractivity contribution in [1.82, 2.24) is 20.4 Å². The zero-order chi connectivity index (χ0) is 16.2. The molecule has 0 spiro atoms. The molecule has 0 aliphatic carbocycles. The van der Waals surface area contributed by atoms with Crippen molar-refractivity contribution in [2.45, 2.75) is 38.0 Å². The molecule has 2 fully saturated rings. The Morgan fingerprint density at radius 1 is 1.44 bits per heavy atom. The van der Waals surface area contributed by atoms with Gasteiger partial charge in [0.25, 0.3) is 0 Å². The number of aromatic nitrogens is 2. The molecule has 7 nitrogen and oxygen atoms in total. The maximum absolute atomic E-state index is 12.8. The molecule has 1 unspecified atom stereocenters. The average molecular weight is 392 g/mol. The average Bonchev–Trinajstić information content (AvgIpc) is 2.62. The first-order valence-corrected chi connectivity index (χ1v) is 8.31. The second kappa shape index (κ2) is 10.1. The van der Waals surface area contributed by atoms with Crippen molar-refractivity contribution in [3.63, 3.8) is 0 Å². The summed E-state index contributed by atoms with van der Waals surface area (Å²) in [6.45, 7) is 5.10. The first-order valence-electron chi connectivity index (χ1n) is 8.31. The second-order valence-electron chi connectivity index (χ2n) is 6.28. The molecule has 3 atom stereocenters. The molecule has 0 aromatic carbocycles. The summed E-state index contributed by atoms with van der Waals surface area (Å²) in [7, 11) is 1.90. The van der Waals surface area contributed by atoms with Crippen LogP contribution in [0, 0.1) is 0 Å². The fourth-order valence-electron chi connectivity index (χ4n) is 3.35. The zero-order valence-electron chi connectivity index (χ0n) is 14.6. The maximum Gasteiger partial charge on any atom is 0.242 e. The molecule has 2 saturated heterocycles. The number of likely N-dealkylation sites (N-methyl/N-ethyl adjacent to an activating group) is 1. The van der Waals surface area contributed by atoms with E-state index in [-0.39, 0.29) is 48.9 Å². The van der Waals surface area contributed by atoms with Crippen molar-refractivity contribution in [3.8, 4) is 0 Å². The molecule has 1 amide bonds. The van der Waals surface area contributed by atoms with Crippen LogP contribution < -0.4 is 10.2 Å². The lowest BCUT2D eigenvalue weighted by Crippen LogP contribution is -2.59. The number of morpholine rings is 1. The summed E-state index contributed by atoms with van der Waals surface area (Å²) in [5, 5.41) is 11.4. The Labute approximate surface area is 161 Å². The molecule has 0 radical (unpaired) electrons. The maximum atomic E-state index is 12.8. The number of amides is 1. The van der Waals surface area contributed by atoms with Crippen LogP contribution in [-0.4, -0.2) is 72.5 Å². The van der Waals surface area contributed by atoms with Gasteiger partial charge in [0, 0.05) is 38.9 Å². The standard InChI is InChI=1S/C16H25N5O2.2ClH/c1-12-15(17-8-10-23-12)16(22)20(2)13-5-4-9-21(11-13)14-6-3-7-18-19-14;;/h3,6-7,12-13,15,17H,4-5,8-11H2,1-2H3;2*1H/t12-,13?,15+;;/m1../s1. The van der Waals surface area contributed by atoms with E-state index in [1.807, 2.05) is 31.0 Å². The molecule has 0 bridgehead atoms. The molecule has 2 aliphatic rings. The Morgan fingerprint density at radius 2 is 2.24 bits per heavy atom. The quantitative estimate of drug-likeness (QED) is 0.832. The minimum absolute atomic E-state index is 0. The van der Waals surface area contributed by atoms with Crippen molar-refractivity contribution in [2.24, 2.45) is 0 Å². The summed E-state index contributed by atoms with van der Waals surface area (Å²) in [6.07, 6.45) is 3.65. The van der Waals surface area contributed by atoms with Crippen LogP contribution in [0.2, 0.25) is 0 Å². The number of carbonyl (C=O) groups is 1. The van der Waals surface area contributed by atoms with Gasteiger partial charge >= 0.3 is 0 Å². The van der Waals surface area contributed by atoms with Gasteiger partial charge < -0.3 is 19.9 Å². The van der Waals surface area contributed by atoms with E-state index in [9.17, 15) is 4.79 Å². The van der Waals surface area contributed by atoms with E-state index in [0.717, 1.165) is 38.3 Å². The number of hydrogen-bond acceptors (Lipinski definition) is 6. The third kappa shape index (κ3) is 5.17. The van der Waals surface area contributed by atoms with Crippen molar-refractivity contribution < 1.29 is 9.53 Å². The molecule has 25 heavy (non-hydrogen) atoms. The van der Waals surface area contributed by atoms with Gasteiger partial charge in [-0.25, -0.2) is 0 Å². The summed E-state index contributed by atoms with van der Waals surface area (Å²) in [6, 6.07) is 3.80. The molecule has 1 N–H and O–H groups in total. The fraction of sp³-hybridized carbons (Fsp3) is 0.688. The topological polar surface area (TPSA) is 70.6 Å². The van der Waals surface area contributed by atoms with Gasteiger partial charge in [0.2, 0.25) is 5.91 Å². The van der Waals surface area contributed by atoms with Crippen molar-refractivity contribution in [1.29, 1.82) is 0 Å². The molecule has 3 rings (SSSR count). The number of halogens is 2. The van der Waals surface area contributed by atoms with Crippen LogP contribution >= 0.6 is 24.8 Å². The highest BCUT2D eigenvalue weighted by molar-refractivity contribution is 5.85. The lowest BCUT2D eigenvalue weighted by atomic mass is 10.0. The molecular weight excluding hydrogens is 365 g/mol. The molecule has 0 saturated carbocycles. The molecule has 3 heterocycles. The summed E-state index contributed by atoms with van der Waals surface area (Å²) < 4.78 is 5.60. The predicted octanol–water partition coefficient (Wildman–Crippen LogP) is 1.12. The molecular formula is C16H27Cl2N5O2. The highest BCUT2D eigenvalue weighted by Gasteiger charge is 2.34. The van der Waals surface area contributed by atoms with Crippen LogP contribution in [-0.2, 0) is 9.53 Å². The van der Waals surface area contributed by atoms with Crippen LogP contribution in [0.1, 0.15) is 19.8 Å². The number of piperidine rings is 1. The smallest absolute Gasteiger partial charge is 0.242 e. The Kier molecular flexibility index (Phi) is 8.85. The first-order chi connectivity index (χ1) is 11.2. The number of anilines is 1. The summed E-state index contributed by atoms with van der Waals surface area (Å²) in [5.41, 5.74) is 0. The lowest BCUT2D eigenvalue weighted by Gasteiger charge is -2.40. The minimum Gasteiger partial charge on any atom is -0.375 e. The summed E-state index contributed by atoms with van der Waals surface area (Å²) in [4.78, 5) is 16.9. The predicted molar refractivity (Wildman–Crippen MR) is 102 cm³/mol. The minimum atomic E-state index is -0.249. The van der Waals surface area contributed by atoms with Crippen LogP contribution in [0.3, 0.4) is 0 Å². The van der Waals surface area contributed by atoms with E-state index < -0.39 is 0 Å². The normalized spacial score (nSPS) is 26.2. The van der Waals surface area contributed by atoms with Gasteiger partial charge in [-0.1, -0.05) is 0 Å². The molecule has 9 heteroatoms. The molecule has 1 aromatic heterocycles. The van der Waals surface area contributed by atoms with Gasteiger partial charge in [-0.3, -0.25) is 4.79 Å². The van der Waals surface area contributed by atoms with Gasteiger partial charge in [-0.15, -0.1) is 29.9 Å². The van der Waals surface area contributed by atoms with Gasteiger partial charge in [0.05, 0.1) is 12.7 Å². The zero-order valence-corrected chi connectivity index (χ0v) is 16.3. The Hall–Kier alpha value is -1.15. The second-order valence-corrected chi connectivity index (χ2v) is 6.28. The van der Waals surface area contributed by atoms with E-state index in [0.29, 0.717) is 6.61 Å². The summed E-state index contributed by atoms with van der Waals surface area (Å²) >= 11 is 0. The van der Waals surface area contributed by atoms with Crippen molar-refractivity contribution in [3.05, 3.63) is 18.3 Å². The van der Waals surface area contributed by atoms with E-state index in [4.69, 9.17) is 4.74 Å². The van der Waals surface area contributed by atoms with Gasteiger partial charge in [-0.05, 0) is 31.9 Å². The Bertz CT molecular complexity index is 537. The van der Waals surface area contributed by atoms with Crippen LogP contribution in [0.25, 0.3) is 0 Å². The van der Waals surface area contributed by atoms with Crippen LogP contribution in [0.4, 0.5) is 5.82 Å². The highest BCUT2D eigenvalue weighted by atomic mass is 35.5. The fourth-order valence-corrected chi connectivity index (χ4v) is 3.35. The Balaban J connectivity index is 0.00000156. The van der Waals surface area contributed by atoms with Crippen LogP contribution in [0.15, 0.2) is 18.3 Å². The van der Waals surface area contributed by atoms with E-state index in [1.165, 1.54) is 0 Å². The number of nitrogens with zero attached hydrogens (tertiary/aromatic N) is 4. The van der Waals surface area contributed by atoms with Crippen LogP contribution in [0.5, 0.6) is 0 Å². The molecule has 1 aromatic rings. The van der Waals surface area contributed by atoms with E-state index in [1.54, 1.807) is 6.20 Å². The van der Waals surface area contributed by atoms with Crippen molar-refractivity contribution in [2.75, 3.05) is 38.2 Å². The SMILES string of the molecule is C[C@H]1OCCN[C@@H]1C(=O)N(C)C1CCCN(c2cccnn2)C1.Cl.Cl. The van der Waals surface area contributed by atoms with Gasteiger partial charge in [-0.2, -0.15) is 5.10 Å². The number of carbonyl (C=O) groups excluding carboxylic acids is 1. The number of nitrogens with one attached hydrogen (secondary N) is 1.